The van der Waals surface area contributed by atoms with Crippen LogP contribution in [0.1, 0.15) is 31.4 Å². The molecule has 0 bridgehead atoms. The van der Waals surface area contributed by atoms with Crippen molar-refractivity contribution in [1.82, 2.24) is 9.80 Å². The number of nitrogens with zero attached hydrogens (tertiary/aromatic N) is 2. The Hall–Kier alpha value is -2.48. The monoisotopic (exact) mass is 320 g/mol. The number of carbonyl (C=O) groups is 4. The van der Waals surface area contributed by atoms with E-state index in [9.17, 15) is 19.2 Å². The summed E-state index contributed by atoms with van der Waals surface area (Å²) in [6.07, 6.45) is 2.40. The number of hydrogen-bond acceptors (Lipinski definition) is 5. The minimum absolute atomic E-state index is 0.120. The summed E-state index contributed by atoms with van der Waals surface area (Å²) in [6.45, 7) is 0.617. The van der Waals surface area contributed by atoms with E-state index in [1.807, 2.05) is 0 Å². The molecular formula is C15H18N3O5+. The van der Waals surface area contributed by atoms with Crippen LogP contribution in [0.3, 0.4) is 0 Å². The first kappa shape index (κ1) is 15.4. The zero-order valence-corrected chi connectivity index (χ0v) is 12.6. The zero-order chi connectivity index (χ0) is 16.4. The summed E-state index contributed by atoms with van der Waals surface area (Å²) in [4.78, 5) is 50.4. The fourth-order valence-electron chi connectivity index (χ4n) is 2.87. The predicted molar refractivity (Wildman–Crippen MR) is 75.3 cm³/mol. The lowest BCUT2D eigenvalue weighted by molar-refractivity contribution is -0.929. The molecule has 0 aliphatic carbocycles. The van der Waals surface area contributed by atoms with Crippen LogP contribution in [0, 0.1) is 0 Å². The molecule has 1 aromatic heterocycles. The van der Waals surface area contributed by atoms with E-state index in [4.69, 9.17) is 4.42 Å². The van der Waals surface area contributed by atoms with Crippen molar-refractivity contribution in [2.24, 2.45) is 0 Å². The molecule has 8 nitrogen and oxygen atoms in total. The molecule has 0 radical (unpaired) electrons. The number of quaternary nitrogens is 1. The molecule has 2 aliphatic heterocycles. The molecule has 0 atom stereocenters. The van der Waals surface area contributed by atoms with E-state index in [1.54, 1.807) is 12.1 Å². The molecular weight excluding hydrogens is 302 g/mol. The van der Waals surface area contributed by atoms with Crippen LogP contribution >= 0.6 is 0 Å². The summed E-state index contributed by atoms with van der Waals surface area (Å²) in [5.41, 5.74) is 0. The van der Waals surface area contributed by atoms with Crippen molar-refractivity contribution in [3.8, 4) is 0 Å². The van der Waals surface area contributed by atoms with Gasteiger partial charge in [-0.1, -0.05) is 0 Å². The molecule has 4 amide bonds. The second-order valence-electron chi connectivity index (χ2n) is 5.75. The third kappa shape index (κ3) is 3.31. The van der Waals surface area contributed by atoms with Gasteiger partial charge in [0, 0.05) is 25.7 Å². The SMILES string of the molecule is O=C1CCC(=O)N1C[NH+](Cc1ccco1)CN1C(=O)CCC1=O. The van der Waals surface area contributed by atoms with Crippen LogP contribution in [0.25, 0.3) is 0 Å². The van der Waals surface area contributed by atoms with Crippen molar-refractivity contribution in [2.45, 2.75) is 32.2 Å². The lowest BCUT2D eigenvalue weighted by Crippen LogP contribution is -3.14. The molecule has 2 saturated heterocycles. The van der Waals surface area contributed by atoms with Crippen LogP contribution in [-0.2, 0) is 25.7 Å². The topological polar surface area (TPSA) is 92.3 Å². The lowest BCUT2D eigenvalue weighted by Gasteiger charge is -2.26. The van der Waals surface area contributed by atoms with E-state index in [1.165, 1.54) is 16.1 Å². The molecule has 1 N–H and O–H groups in total. The van der Waals surface area contributed by atoms with Gasteiger partial charge in [0.15, 0.2) is 19.1 Å². The number of rotatable bonds is 6. The Morgan fingerprint density at radius 2 is 1.35 bits per heavy atom. The summed E-state index contributed by atoms with van der Waals surface area (Å²) in [5.74, 6) is -0.202. The summed E-state index contributed by atoms with van der Waals surface area (Å²) < 4.78 is 5.30. The van der Waals surface area contributed by atoms with E-state index >= 15 is 0 Å². The van der Waals surface area contributed by atoms with Crippen LogP contribution in [0.15, 0.2) is 22.8 Å². The minimum Gasteiger partial charge on any atom is -0.463 e. The number of likely N-dealkylation sites (tertiary alicyclic amines) is 2. The Labute approximate surface area is 132 Å². The predicted octanol–water partition coefficient (Wildman–Crippen LogP) is -1.12. The van der Waals surface area contributed by atoms with E-state index in [-0.39, 0.29) is 62.6 Å². The smallest absolute Gasteiger partial charge is 0.234 e. The van der Waals surface area contributed by atoms with Gasteiger partial charge >= 0.3 is 0 Å². The van der Waals surface area contributed by atoms with E-state index in [0.717, 1.165) is 4.90 Å². The first-order valence-corrected chi connectivity index (χ1v) is 7.57. The molecule has 3 rings (SSSR count). The van der Waals surface area contributed by atoms with Crippen molar-refractivity contribution < 1.29 is 28.5 Å². The standard InChI is InChI=1S/C15H17N3O5/c19-12-3-4-13(20)17(12)9-16(8-11-2-1-7-23-11)10-18-14(21)5-6-15(18)22/h1-2,7H,3-6,8-10H2/p+1. The molecule has 2 fully saturated rings. The van der Waals surface area contributed by atoms with Gasteiger partial charge in [-0.05, 0) is 12.1 Å². The van der Waals surface area contributed by atoms with Gasteiger partial charge in [0.05, 0.1) is 6.26 Å². The molecule has 3 heterocycles. The number of imide groups is 2. The second kappa shape index (κ2) is 6.33. The number of hydrogen-bond donors (Lipinski definition) is 1. The highest BCUT2D eigenvalue weighted by Crippen LogP contribution is 2.11. The fraction of sp³-hybridized carbons (Fsp3) is 0.467. The second-order valence-corrected chi connectivity index (χ2v) is 5.75. The van der Waals surface area contributed by atoms with Crippen molar-refractivity contribution in [3.63, 3.8) is 0 Å². The van der Waals surface area contributed by atoms with Crippen LogP contribution in [-0.4, -0.2) is 46.8 Å². The van der Waals surface area contributed by atoms with Gasteiger partial charge in [-0.3, -0.25) is 24.1 Å². The first-order valence-electron chi connectivity index (χ1n) is 7.57. The van der Waals surface area contributed by atoms with Crippen LogP contribution in [0.4, 0.5) is 0 Å². The average Bonchev–Trinajstić information content (AvgIpc) is 3.21. The summed E-state index contributed by atoms with van der Waals surface area (Å²) in [5, 5.41) is 0. The van der Waals surface area contributed by atoms with Gasteiger partial charge < -0.3 is 4.42 Å². The molecule has 122 valence electrons. The largest absolute Gasteiger partial charge is 0.463 e. The number of amides is 4. The highest BCUT2D eigenvalue weighted by molar-refractivity contribution is 6.02. The summed E-state index contributed by atoms with van der Waals surface area (Å²) in [6, 6.07) is 3.52. The highest BCUT2D eigenvalue weighted by Gasteiger charge is 2.36. The Bertz CT molecular complexity index is 570. The Morgan fingerprint density at radius 3 is 1.74 bits per heavy atom. The molecule has 23 heavy (non-hydrogen) atoms. The van der Waals surface area contributed by atoms with Gasteiger partial charge in [-0.15, -0.1) is 0 Å². The number of carbonyl (C=O) groups excluding carboxylic acids is 4. The van der Waals surface area contributed by atoms with Gasteiger partial charge in [-0.25, -0.2) is 9.80 Å². The minimum atomic E-state index is -0.217. The molecule has 0 unspecified atom stereocenters. The molecule has 0 aromatic carbocycles. The molecule has 1 aromatic rings. The molecule has 2 aliphatic rings. The van der Waals surface area contributed by atoms with Crippen LogP contribution < -0.4 is 4.90 Å². The van der Waals surface area contributed by atoms with Crippen molar-refractivity contribution in [3.05, 3.63) is 24.2 Å². The van der Waals surface area contributed by atoms with Gasteiger partial charge in [0.25, 0.3) is 0 Å². The Morgan fingerprint density at radius 1 is 0.870 bits per heavy atom. The maximum atomic E-state index is 11.8. The van der Waals surface area contributed by atoms with Gasteiger partial charge in [0.2, 0.25) is 23.6 Å². The fourth-order valence-corrected chi connectivity index (χ4v) is 2.87. The maximum absolute atomic E-state index is 11.8. The maximum Gasteiger partial charge on any atom is 0.234 e. The van der Waals surface area contributed by atoms with E-state index in [2.05, 4.69) is 0 Å². The molecule has 0 spiro atoms. The first-order chi connectivity index (χ1) is 11.0. The van der Waals surface area contributed by atoms with Crippen LogP contribution in [0.5, 0.6) is 0 Å². The van der Waals surface area contributed by atoms with Gasteiger partial charge in [-0.2, -0.15) is 0 Å². The number of nitrogens with one attached hydrogen (secondary N) is 1. The summed E-state index contributed by atoms with van der Waals surface area (Å²) in [7, 11) is 0. The van der Waals surface area contributed by atoms with Crippen molar-refractivity contribution in [1.29, 1.82) is 0 Å². The van der Waals surface area contributed by atoms with Gasteiger partial charge in [0.1, 0.15) is 6.54 Å². The van der Waals surface area contributed by atoms with E-state index < -0.39 is 0 Å². The average molecular weight is 320 g/mol. The molecule has 8 heteroatoms. The van der Waals surface area contributed by atoms with E-state index in [0.29, 0.717) is 12.3 Å². The molecule has 0 saturated carbocycles. The summed E-state index contributed by atoms with van der Waals surface area (Å²) >= 11 is 0. The zero-order valence-electron chi connectivity index (χ0n) is 12.6. The third-order valence-corrected chi connectivity index (χ3v) is 4.08. The van der Waals surface area contributed by atoms with Crippen molar-refractivity contribution in [2.75, 3.05) is 13.3 Å². The number of furan rings is 1. The van der Waals surface area contributed by atoms with Crippen LogP contribution in [0.2, 0.25) is 0 Å². The third-order valence-electron chi connectivity index (χ3n) is 4.08. The normalized spacial score (nSPS) is 18.8. The van der Waals surface area contributed by atoms with Crippen molar-refractivity contribution >= 4 is 23.6 Å². The highest BCUT2D eigenvalue weighted by atomic mass is 16.3. The quantitative estimate of drug-likeness (QED) is 0.670. The Kier molecular flexibility index (Phi) is 4.24. The lowest BCUT2D eigenvalue weighted by atomic mass is 10.4. The Balaban J connectivity index is 1.73.